The fourth-order valence-corrected chi connectivity index (χ4v) is 5.65. The van der Waals surface area contributed by atoms with Gasteiger partial charge in [-0.15, -0.1) is 0 Å². The Balaban J connectivity index is 1.53. The molecule has 0 fully saturated rings. The van der Waals surface area contributed by atoms with Gasteiger partial charge in [-0.3, -0.25) is 4.79 Å². The van der Waals surface area contributed by atoms with E-state index in [4.69, 9.17) is 28.1 Å². The number of methoxy groups -OCH3 is 1. The van der Waals surface area contributed by atoms with E-state index in [0.717, 1.165) is 51.4 Å². The van der Waals surface area contributed by atoms with Gasteiger partial charge in [-0.1, -0.05) is 58.4 Å². The van der Waals surface area contributed by atoms with Gasteiger partial charge in [0.15, 0.2) is 41.0 Å². The highest BCUT2D eigenvalue weighted by molar-refractivity contribution is 5.88. The molecule has 1 aliphatic heterocycles. The number of rotatable bonds is 16. The second kappa shape index (κ2) is 15.8. The van der Waals surface area contributed by atoms with E-state index in [9.17, 15) is 20.1 Å². The van der Waals surface area contributed by atoms with E-state index >= 15 is 0 Å². The Hall–Kier alpha value is -4.57. The highest BCUT2D eigenvalue weighted by Gasteiger charge is 2.34. The second-order valence-electron chi connectivity index (χ2n) is 11.7. The van der Waals surface area contributed by atoms with Crippen molar-refractivity contribution in [3.05, 3.63) is 64.3 Å². The molecule has 3 N–H and O–H groups in total. The third-order valence-corrected chi connectivity index (χ3v) is 8.21. The zero-order valence-electron chi connectivity index (χ0n) is 27.3. The number of unbranched alkanes of at least 4 members (excludes halogenated alkanes) is 6. The first kappa shape index (κ1) is 33.8. The van der Waals surface area contributed by atoms with Gasteiger partial charge in [-0.05, 0) is 43.2 Å². The van der Waals surface area contributed by atoms with Gasteiger partial charge in [-0.2, -0.15) is 0 Å². The summed E-state index contributed by atoms with van der Waals surface area (Å²) in [5.74, 6) is 1.31. The Morgan fingerprint density at radius 3 is 2.23 bits per heavy atom. The zero-order chi connectivity index (χ0) is 33.3. The molecule has 0 radical (unpaired) electrons. The van der Waals surface area contributed by atoms with Crippen LogP contribution in [-0.2, 0) is 0 Å². The summed E-state index contributed by atoms with van der Waals surface area (Å²) in [5, 5.41) is 31.2. The first-order valence-corrected chi connectivity index (χ1v) is 16.4. The molecule has 0 amide bonds. The van der Waals surface area contributed by atoms with E-state index in [0.29, 0.717) is 41.6 Å². The molecule has 0 saturated heterocycles. The molecule has 0 spiro atoms. The van der Waals surface area contributed by atoms with Crippen molar-refractivity contribution in [2.24, 2.45) is 0 Å². The minimum atomic E-state index is -0.732. The first-order chi connectivity index (χ1) is 22.9. The largest absolute Gasteiger partial charge is 0.507 e. The second-order valence-corrected chi connectivity index (χ2v) is 11.7. The van der Waals surface area contributed by atoms with Gasteiger partial charge in [-0.25, -0.2) is 0 Å². The van der Waals surface area contributed by atoms with Crippen molar-refractivity contribution in [3.63, 3.8) is 0 Å². The Morgan fingerprint density at radius 2 is 1.53 bits per heavy atom. The topological polar surface area (TPSA) is 137 Å². The summed E-state index contributed by atoms with van der Waals surface area (Å²) in [4.78, 5) is 13.9. The fourth-order valence-electron chi connectivity index (χ4n) is 5.65. The molecule has 47 heavy (non-hydrogen) atoms. The van der Waals surface area contributed by atoms with Crippen LogP contribution in [0.1, 0.15) is 76.9 Å². The van der Waals surface area contributed by atoms with Crippen LogP contribution in [0.2, 0.25) is 0 Å². The molecule has 4 aromatic rings. The zero-order valence-corrected chi connectivity index (χ0v) is 27.3. The Kier molecular flexibility index (Phi) is 11.4. The molecule has 252 valence electrons. The lowest BCUT2D eigenvalue weighted by molar-refractivity contribution is -0.0123. The molecule has 1 aliphatic rings. The van der Waals surface area contributed by atoms with Gasteiger partial charge in [0.1, 0.15) is 22.5 Å². The summed E-state index contributed by atoms with van der Waals surface area (Å²) in [6.45, 7) is 4.72. The van der Waals surface area contributed by atoms with Crippen molar-refractivity contribution >= 4 is 11.0 Å². The number of aliphatic hydroxyl groups excluding tert-OH is 1. The molecule has 0 bridgehead atoms. The van der Waals surface area contributed by atoms with Crippen molar-refractivity contribution < 1.29 is 43.4 Å². The molecule has 1 aromatic heterocycles. The van der Waals surface area contributed by atoms with Crippen LogP contribution in [0, 0.1) is 0 Å². The lowest BCUT2D eigenvalue weighted by Gasteiger charge is -2.33. The van der Waals surface area contributed by atoms with Crippen LogP contribution in [-0.4, -0.2) is 48.4 Å². The molecule has 3 aromatic carbocycles. The van der Waals surface area contributed by atoms with Crippen molar-refractivity contribution in [2.75, 3.05) is 26.9 Å². The standard InChI is InChI=1S/C37H44O10/c1-4-6-8-10-16-43-25-20-27(40)33-31(21-25)47-36(37(34(33)41)44-17-11-9-7-5-2)24-13-15-28-30(19-24)46-35(32(22-38)45-28)23-12-14-26(39)29(18-23)42-3/h12-15,18-21,32,35,38-40H,4-11,16-17,22H2,1-3H3. The van der Waals surface area contributed by atoms with Crippen LogP contribution < -0.4 is 29.1 Å². The number of hydrogen-bond donors (Lipinski definition) is 3. The van der Waals surface area contributed by atoms with Crippen LogP contribution in [0.3, 0.4) is 0 Å². The van der Waals surface area contributed by atoms with E-state index in [-0.39, 0.29) is 46.3 Å². The lowest BCUT2D eigenvalue weighted by atomic mass is 10.0. The molecule has 10 heteroatoms. The normalized spacial score (nSPS) is 15.5. The maximum absolute atomic E-state index is 13.9. The summed E-state index contributed by atoms with van der Waals surface area (Å²) < 4.78 is 36.1. The predicted molar refractivity (Wildman–Crippen MR) is 178 cm³/mol. The van der Waals surface area contributed by atoms with Crippen LogP contribution in [0.15, 0.2) is 57.7 Å². The summed E-state index contributed by atoms with van der Waals surface area (Å²) in [5.41, 5.74) is 0.787. The van der Waals surface area contributed by atoms with E-state index in [2.05, 4.69) is 13.8 Å². The van der Waals surface area contributed by atoms with Crippen molar-refractivity contribution in [1.82, 2.24) is 0 Å². The van der Waals surface area contributed by atoms with E-state index in [1.807, 2.05) is 0 Å². The summed E-state index contributed by atoms with van der Waals surface area (Å²) in [6.07, 6.45) is 6.50. The van der Waals surface area contributed by atoms with Crippen molar-refractivity contribution in [1.29, 1.82) is 0 Å². The number of aliphatic hydroxyl groups is 1. The van der Waals surface area contributed by atoms with Gasteiger partial charge in [0.25, 0.3) is 0 Å². The molecule has 2 atom stereocenters. The monoisotopic (exact) mass is 648 g/mol. The van der Waals surface area contributed by atoms with E-state index in [1.54, 1.807) is 36.4 Å². The molecule has 0 saturated carbocycles. The minimum absolute atomic E-state index is 0.0118. The average Bonchev–Trinajstić information content (AvgIpc) is 3.08. The molecule has 2 unspecified atom stereocenters. The van der Waals surface area contributed by atoms with Gasteiger partial charge < -0.3 is 43.4 Å². The van der Waals surface area contributed by atoms with Gasteiger partial charge >= 0.3 is 0 Å². The minimum Gasteiger partial charge on any atom is -0.507 e. The smallest absolute Gasteiger partial charge is 0.239 e. The lowest BCUT2D eigenvalue weighted by Crippen LogP contribution is -2.36. The summed E-state index contributed by atoms with van der Waals surface area (Å²) >= 11 is 0. The van der Waals surface area contributed by atoms with Crippen LogP contribution >= 0.6 is 0 Å². The predicted octanol–water partition coefficient (Wildman–Crippen LogP) is 7.67. The summed E-state index contributed by atoms with van der Waals surface area (Å²) in [6, 6.07) is 12.9. The van der Waals surface area contributed by atoms with Gasteiger partial charge in [0, 0.05) is 23.3 Å². The van der Waals surface area contributed by atoms with E-state index in [1.165, 1.54) is 19.2 Å². The third-order valence-electron chi connectivity index (χ3n) is 8.21. The Morgan fingerprint density at radius 1 is 0.787 bits per heavy atom. The molecule has 0 aliphatic carbocycles. The Labute approximate surface area is 274 Å². The number of aromatic hydroxyl groups is 2. The quantitative estimate of drug-likeness (QED) is 0.104. The van der Waals surface area contributed by atoms with Gasteiger partial charge in [0.2, 0.25) is 11.2 Å². The molecule has 5 rings (SSSR count). The molecule has 10 nitrogen and oxygen atoms in total. The number of ether oxygens (including phenoxy) is 5. The van der Waals surface area contributed by atoms with Gasteiger partial charge in [0.05, 0.1) is 26.9 Å². The van der Waals surface area contributed by atoms with Crippen molar-refractivity contribution in [3.8, 4) is 51.6 Å². The molecule has 2 heterocycles. The maximum Gasteiger partial charge on any atom is 0.239 e. The highest BCUT2D eigenvalue weighted by atomic mass is 16.6. The number of phenols is 2. The first-order valence-electron chi connectivity index (χ1n) is 16.4. The Bertz CT molecular complexity index is 1710. The molecular weight excluding hydrogens is 604 g/mol. The average molecular weight is 649 g/mol. The summed E-state index contributed by atoms with van der Waals surface area (Å²) in [7, 11) is 1.45. The SMILES string of the molecule is CCCCCCOc1cc(O)c2c(=O)c(OCCCCCC)c(-c3ccc4c(c3)OC(c3ccc(O)c(OC)c3)C(CO)O4)oc2c1. The van der Waals surface area contributed by atoms with Crippen LogP contribution in [0.5, 0.6) is 40.2 Å². The maximum atomic E-state index is 13.9. The van der Waals surface area contributed by atoms with Crippen molar-refractivity contribution in [2.45, 2.75) is 77.4 Å². The van der Waals surface area contributed by atoms with Crippen LogP contribution in [0.4, 0.5) is 0 Å². The number of fused-ring (bicyclic) bond motifs is 2. The number of benzene rings is 3. The number of hydrogen-bond acceptors (Lipinski definition) is 10. The fraction of sp³-hybridized carbons (Fsp3) is 0.432. The number of phenolic OH excluding ortho intramolecular Hbond substituents is 2. The highest BCUT2D eigenvalue weighted by Crippen LogP contribution is 2.44. The van der Waals surface area contributed by atoms with Crippen LogP contribution in [0.25, 0.3) is 22.3 Å². The molecular formula is C37H44O10. The third kappa shape index (κ3) is 7.71. The van der Waals surface area contributed by atoms with E-state index < -0.39 is 17.6 Å².